The lowest BCUT2D eigenvalue weighted by molar-refractivity contribution is -0.301. The van der Waals surface area contributed by atoms with Gasteiger partial charge in [0.25, 0.3) is 0 Å². The molecule has 0 aromatic rings. The molecule has 3 N–H and O–H groups in total. The third-order valence-corrected chi connectivity index (χ3v) is 15.2. The van der Waals surface area contributed by atoms with Gasteiger partial charge in [0, 0.05) is 19.3 Å². The Hall–Kier alpha value is -2.28. The van der Waals surface area contributed by atoms with Crippen LogP contribution in [0.3, 0.4) is 0 Å². The fourth-order valence-corrected chi connectivity index (χ4v) is 10.3. The minimum absolute atomic E-state index is 0.0708. The van der Waals surface area contributed by atoms with Crippen LogP contribution in [0.5, 0.6) is 0 Å². The molecule has 1 rings (SSSR count). The predicted molar refractivity (Wildman–Crippen MR) is 304 cm³/mol. The molecule has 1 aliphatic rings. The minimum atomic E-state index is -1.89. The number of unbranched alkanes of at least 4 members (excludes halogenated alkanes) is 42. The van der Waals surface area contributed by atoms with E-state index < -0.39 is 67.3 Å². The van der Waals surface area contributed by atoms with E-state index in [0.717, 1.165) is 57.8 Å². The molecule has 1 fully saturated rings. The van der Waals surface area contributed by atoms with Crippen molar-refractivity contribution in [3.63, 3.8) is 0 Å². The highest BCUT2D eigenvalue weighted by Gasteiger charge is 2.50. The molecule has 0 amide bonds. The molecule has 0 aliphatic carbocycles. The molecule has 12 nitrogen and oxygen atoms in total. The lowest BCUT2D eigenvalue weighted by Crippen LogP contribution is -2.61. The zero-order valence-electron chi connectivity index (χ0n) is 48.8. The van der Waals surface area contributed by atoms with Crippen LogP contribution < -0.4 is 0 Å². The smallest absolute Gasteiger partial charge is 0.335 e. The van der Waals surface area contributed by atoms with Gasteiger partial charge in [-0.15, -0.1) is 0 Å². The molecule has 12 heteroatoms. The Bertz CT molecular complexity index is 1310. The Labute approximate surface area is 459 Å². The summed E-state index contributed by atoms with van der Waals surface area (Å²) in [5.74, 6) is -3.07. The average molecular weight is 1070 g/mol. The van der Waals surface area contributed by atoms with Gasteiger partial charge in [-0.25, -0.2) is 4.79 Å². The Morgan fingerprint density at radius 2 is 0.680 bits per heavy atom. The number of aliphatic hydroxyl groups is 2. The van der Waals surface area contributed by atoms with Crippen LogP contribution in [0.4, 0.5) is 0 Å². The first-order chi connectivity index (χ1) is 36.6. The van der Waals surface area contributed by atoms with Crippen molar-refractivity contribution in [3.05, 3.63) is 0 Å². The summed E-state index contributed by atoms with van der Waals surface area (Å²) >= 11 is 0. The number of ether oxygens (including phenoxy) is 5. The molecule has 0 saturated carbocycles. The van der Waals surface area contributed by atoms with E-state index >= 15 is 0 Å². The van der Waals surface area contributed by atoms with Gasteiger partial charge >= 0.3 is 23.9 Å². The van der Waals surface area contributed by atoms with Crippen molar-refractivity contribution in [3.8, 4) is 0 Å². The quantitative estimate of drug-likeness (QED) is 0.0299. The van der Waals surface area contributed by atoms with E-state index in [-0.39, 0.29) is 25.9 Å². The van der Waals surface area contributed by atoms with E-state index in [1.54, 1.807) is 0 Å². The van der Waals surface area contributed by atoms with Crippen LogP contribution in [-0.4, -0.2) is 89.2 Å². The van der Waals surface area contributed by atoms with E-state index in [4.69, 9.17) is 23.7 Å². The molecular weight excluding hydrogens is 949 g/mol. The van der Waals surface area contributed by atoms with Crippen molar-refractivity contribution >= 4 is 23.9 Å². The van der Waals surface area contributed by atoms with E-state index in [0.29, 0.717) is 19.3 Å². The second-order valence-corrected chi connectivity index (χ2v) is 22.4. The normalized spacial score (nSPS) is 18.0. The maximum absolute atomic E-state index is 13.1. The number of carboxylic acids is 1. The summed E-state index contributed by atoms with van der Waals surface area (Å²) in [5, 5.41) is 31.5. The van der Waals surface area contributed by atoms with Crippen LogP contribution in [0.15, 0.2) is 0 Å². The monoisotopic (exact) mass is 1070 g/mol. The molecule has 442 valence electrons. The zero-order chi connectivity index (χ0) is 54.7. The first-order valence-electron chi connectivity index (χ1n) is 32.0. The molecule has 0 aromatic heterocycles. The van der Waals surface area contributed by atoms with Crippen molar-refractivity contribution in [1.29, 1.82) is 0 Å². The lowest BCUT2D eigenvalue weighted by Gasteiger charge is -2.40. The molecule has 6 atom stereocenters. The van der Waals surface area contributed by atoms with Crippen molar-refractivity contribution in [2.45, 2.75) is 366 Å². The molecular formula is C63H118O12. The SMILES string of the molecule is CCCCCCCCCCCCCCCCCCCCCC(=O)OCC(COC1OC(C(=O)O)C(O)C(O)C1OC(=O)CCCCCCCCCCCCCCCCC)OC(=O)CCCCCCCCCCCCC. The van der Waals surface area contributed by atoms with Crippen molar-refractivity contribution in [1.82, 2.24) is 0 Å². The summed E-state index contributed by atoms with van der Waals surface area (Å²) in [6.07, 6.45) is 45.0. The van der Waals surface area contributed by atoms with Crippen molar-refractivity contribution in [2.24, 2.45) is 0 Å². The van der Waals surface area contributed by atoms with Crippen molar-refractivity contribution in [2.75, 3.05) is 13.2 Å². The summed E-state index contributed by atoms with van der Waals surface area (Å²) in [6, 6.07) is 0. The van der Waals surface area contributed by atoms with Gasteiger partial charge in [0.2, 0.25) is 0 Å². The predicted octanol–water partition coefficient (Wildman–Crippen LogP) is 16.7. The van der Waals surface area contributed by atoms with Gasteiger partial charge in [-0.1, -0.05) is 290 Å². The number of aliphatic carboxylic acids is 1. The Balaban J connectivity index is 2.60. The average Bonchev–Trinajstić information content (AvgIpc) is 3.39. The van der Waals surface area contributed by atoms with Gasteiger partial charge in [0.05, 0.1) is 6.61 Å². The Morgan fingerprint density at radius 3 is 1.00 bits per heavy atom. The molecule has 0 spiro atoms. The van der Waals surface area contributed by atoms with Gasteiger partial charge < -0.3 is 39.0 Å². The second-order valence-electron chi connectivity index (χ2n) is 22.4. The number of carbonyl (C=O) groups is 4. The number of rotatable bonds is 56. The first-order valence-corrected chi connectivity index (χ1v) is 32.0. The van der Waals surface area contributed by atoms with Crippen LogP contribution in [0, 0.1) is 0 Å². The molecule has 1 heterocycles. The number of carbonyl (C=O) groups excluding carboxylic acids is 3. The third kappa shape index (κ3) is 42.4. The Morgan fingerprint density at radius 1 is 0.387 bits per heavy atom. The minimum Gasteiger partial charge on any atom is -0.479 e. The summed E-state index contributed by atoms with van der Waals surface area (Å²) in [6.45, 7) is 6.04. The van der Waals surface area contributed by atoms with Gasteiger partial charge in [-0.05, 0) is 19.3 Å². The second kappa shape index (κ2) is 52.4. The van der Waals surface area contributed by atoms with Crippen LogP contribution in [0.2, 0.25) is 0 Å². The third-order valence-electron chi connectivity index (χ3n) is 15.2. The van der Waals surface area contributed by atoms with Crippen LogP contribution in [-0.2, 0) is 42.9 Å². The topological polar surface area (TPSA) is 175 Å². The fourth-order valence-electron chi connectivity index (χ4n) is 10.3. The van der Waals surface area contributed by atoms with Crippen molar-refractivity contribution < 1.29 is 58.2 Å². The molecule has 75 heavy (non-hydrogen) atoms. The Kier molecular flexibility index (Phi) is 49.4. The molecule has 0 aromatic carbocycles. The first kappa shape index (κ1) is 70.7. The van der Waals surface area contributed by atoms with Crippen LogP contribution >= 0.6 is 0 Å². The molecule has 1 saturated heterocycles. The highest BCUT2D eigenvalue weighted by atomic mass is 16.7. The van der Waals surface area contributed by atoms with Gasteiger partial charge in [-0.3, -0.25) is 14.4 Å². The molecule has 1 aliphatic heterocycles. The number of esters is 3. The number of aliphatic hydroxyl groups excluding tert-OH is 2. The lowest BCUT2D eigenvalue weighted by atomic mass is 9.98. The fraction of sp³-hybridized carbons (Fsp3) is 0.937. The van der Waals surface area contributed by atoms with Gasteiger partial charge in [0.15, 0.2) is 24.6 Å². The van der Waals surface area contributed by atoms with E-state index in [1.807, 2.05) is 0 Å². The zero-order valence-corrected chi connectivity index (χ0v) is 48.8. The van der Waals surface area contributed by atoms with Gasteiger partial charge in [-0.2, -0.15) is 0 Å². The van der Waals surface area contributed by atoms with Crippen LogP contribution in [0.1, 0.15) is 329 Å². The summed E-state index contributed by atoms with van der Waals surface area (Å²) in [5.41, 5.74) is 0. The highest BCUT2D eigenvalue weighted by molar-refractivity contribution is 5.74. The van der Waals surface area contributed by atoms with Crippen LogP contribution in [0.25, 0.3) is 0 Å². The number of carboxylic acid groups (broad SMARTS) is 1. The summed E-state index contributed by atoms with van der Waals surface area (Å²) in [7, 11) is 0. The van der Waals surface area contributed by atoms with E-state index in [9.17, 15) is 34.5 Å². The largest absolute Gasteiger partial charge is 0.479 e. The van der Waals surface area contributed by atoms with E-state index in [2.05, 4.69) is 20.8 Å². The maximum Gasteiger partial charge on any atom is 0.335 e. The van der Waals surface area contributed by atoms with E-state index in [1.165, 1.54) is 212 Å². The van der Waals surface area contributed by atoms with Gasteiger partial charge in [0.1, 0.15) is 18.8 Å². The standard InChI is InChI=1S/C63H118O12/c1-4-7-10-13-16-19-22-24-26-27-28-29-31-32-35-37-40-43-46-49-55(64)71-52-54(73-56(65)50-47-44-41-38-34-21-18-15-12-9-6-3)53-72-63-61(59(68)58(67)60(75-63)62(69)70)74-57(66)51-48-45-42-39-36-33-30-25-23-20-17-14-11-8-5-2/h54,58-61,63,67-68H,4-53H2,1-3H3,(H,69,70). The summed E-state index contributed by atoms with van der Waals surface area (Å²) < 4.78 is 28.5. The maximum atomic E-state index is 13.1. The number of hydrogen-bond acceptors (Lipinski definition) is 11. The molecule has 6 unspecified atom stereocenters. The number of hydrogen-bond donors (Lipinski definition) is 3. The summed E-state index contributed by atoms with van der Waals surface area (Å²) in [4.78, 5) is 51.2. The highest BCUT2D eigenvalue weighted by Crippen LogP contribution is 2.27. The molecule has 0 bridgehead atoms. The molecule has 0 radical (unpaired) electrons.